The average Bonchev–Trinajstić information content (AvgIpc) is 3.81. The van der Waals surface area contributed by atoms with E-state index < -0.39 is 5.41 Å². The van der Waals surface area contributed by atoms with Gasteiger partial charge in [0.05, 0.1) is 21.3 Å². The first-order chi connectivity index (χ1) is 28.3. The van der Waals surface area contributed by atoms with Gasteiger partial charge in [-0.15, -0.1) is 11.3 Å². The van der Waals surface area contributed by atoms with Crippen LogP contribution in [0, 0.1) is 0 Å². The lowest BCUT2D eigenvalue weighted by molar-refractivity contribution is 0.436. The molecule has 0 amide bonds. The Morgan fingerprint density at radius 1 is 0.474 bits per heavy atom. The van der Waals surface area contributed by atoms with Crippen LogP contribution < -0.4 is 4.74 Å². The summed E-state index contributed by atoms with van der Waals surface area (Å²) in [5.41, 5.74) is 14.8. The molecule has 0 saturated carbocycles. The van der Waals surface area contributed by atoms with Crippen molar-refractivity contribution in [3.63, 3.8) is 0 Å². The number of hydrogen-bond donors (Lipinski definition) is 0. The Hall–Kier alpha value is -7.21. The molecule has 1 aliphatic heterocycles. The van der Waals surface area contributed by atoms with E-state index in [0.717, 1.165) is 77.3 Å². The van der Waals surface area contributed by atoms with Crippen LogP contribution in [0.25, 0.3) is 76.3 Å². The summed E-state index contributed by atoms with van der Waals surface area (Å²) >= 11 is 1.76. The van der Waals surface area contributed by atoms with E-state index in [4.69, 9.17) is 14.7 Å². The average molecular weight is 746 g/mol. The predicted molar refractivity (Wildman–Crippen MR) is 232 cm³/mol. The highest BCUT2D eigenvalue weighted by Crippen LogP contribution is 2.63. The van der Waals surface area contributed by atoms with Crippen molar-refractivity contribution in [3.8, 4) is 67.5 Å². The maximum atomic E-state index is 6.63. The molecule has 2 aliphatic rings. The fourth-order valence-corrected chi connectivity index (χ4v) is 10.4. The van der Waals surface area contributed by atoms with Gasteiger partial charge in [-0.2, -0.15) is 0 Å². The minimum Gasteiger partial charge on any atom is -0.457 e. The Balaban J connectivity index is 1.17. The standard InChI is InChI=1S/C52H31N3OS/c1-2-14-32(15-3-1)34-28-35(33-16-13-27-53-31-33)30-36(29-34)51-54-48-38-18-5-11-26-46(38)57-50(48)49(55-51)39-19-12-23-43-47(39)37-17-4-6-20-40(37)52(43)41-21-7-9-24-44(41)56-45-25-10-8-22-42(45)52/h1-31H. The van der Waals surface area contributed by atoms with E-state index in [1.54, 1.807) is 11.3 Å². The zero-order chi connectivity index (χ0) is 37.5. The van der Waals surface area contributed by atoms with E-state index in [0.29, 0.717) is 5.82 Å². The van der Waals surface area contributed by atoms with Gasteiger partial charge in [0.15, 0.2) is 5.82 Å². The van der Waals surface area contributed by atoms with Crippen LogP contribution in [0.15, 0.2) is 188 Å². The second-order valence-corrected chi connectivity index (χ2v) is 15.7. The van der Waals surface area contributed by atoms with Crippen LogP contribution in [-0.2, 0) is 5.41 Å². The summed E-state index contributed by atoms with van der Waals surface area (Å²) in [5, 5.41) is 1.13. The van der Waals surface area contributed by atoms with Crippen molar-refractivity contribution >= 4 is 31.6 Å². The van der Waals surface area contributed by atoms with Crippen LogP contribution in [0.3, 0.4) is 0 Å². The first-order valence-corrected chi connectivity index (χ1v) is 20.0. The van der Waals surface area contributed by atoms with Crippen molar-refractivity contribution in [3.05, 3.63) is 211 Å². The topological polar surface area (TPSA) is 47.9 Å². The number of rotatable bonds is 4. The van der Waals surface area contributed by atoms with Crippen molar-refractivity contribution in [2.75, 3.05) is 0 Å². The molecule has 0 N–H and O–H groups in total. The maximum Gasteiger partial charge on any atom is 0.160 e. The zero-order valence-corrected chi connectivity index (χ0v) is 31.4. The van der Waals surface area contributed by atoms with E-state index >= 15 is 0 Å². The molecule has 10 aromatic rings. The molecule has 0 atom stereocenters. The lowest BCUT2D eigenvalue weighted by Crippen LogP contribution is -2.32. The number of para-hydroxylation sites is 2. The molecule has 0 saturated heterocycles. The Bertz CT molecular complexity index is 3120. The third kappa shape index (κ3) is 4.70. The highest BCUT2D eigenvalue weighted by molar-refractivity contribution is 7.26. The Morgan fingerprint density at radius 2 is 1.11 bits per heavy atom. The van der Waals surface area contributed by atoms with Gasteiger partial charge in [0, 0.05) is 50.3 Å². The van der Waals surface area contributed by atoms with E-state index in [1.165, 1.54) is 27.0 Å². The molecule has 0 radical (unpaired) electrons. The third-order valence-corrected chi connectivity index (χ3v) is 12.8. The van der Waals surface area contributed by atoms with Gasteiger partial charge in [0.2, 0.25) is 0 Å². The van der Waals surface area contributed by atoms with E-state index in [1.807, 2.05) is 18.5 Å². The fourth-order valence-electron chi connectivity index (χ4n) is 9.26. The number of nitrogens with zero attached hydrogens (tertiary/aromatic N) is 3. The SMILES string of the molecule is c1ccc(-c2cc(-c3cccnc3)cc(-c3nc(-c4cccc5c4-c4ccccc4C54c5ccccc5Oc5ccccc54)c4sc5ccccc5c4n3)c2)cc1. The third-order valence-electron chi connectivity index (χ3n) is 11.6. The van der Waals surface area contributed by atoms with Crippen LogP contribution in [0.2, 0.25) is 0 Å². The van der Waals surface area contributed by atoms with Gasteiger partial charge in [-0.05, 0) is 81.4 Å². The fraction of sp³-hybridized carbons (Fsp3) is 0.0192. The van der Waals surface area contributed by atoms with Crippen molar-refractivity contribution in [1.82, 2.24) is 15.0 Å². The summed E-state index contributed by atoms with van der Waals surface area (Å²) in [6.45, 7) is 0. The number of pyridine rings is 1. The molecule has 266 valence electrons. The molecule has 57 heavy (non-hydrogen) atoms. The predicted octanol–water partition coefficient (Wildman–Crippen LogP) is 13.4. The second kappa shape index (κ2) is 12.4. The summed E-state index contributed by atoms with van der Waals surface area (Å²) in [6.07, 6.45) is 3.73. The lowest BCUT2D eigenvalue weighted by Gasteiger charge is -2.39. The first kappa shape index (κ1) is 32.1. The summed E-state index contributed by atoms with van der Waals surface area (Å²) in [4.78, 5) is 15.5. The maximum absolute atomic E-state index is 6.63. The van der Waals surface area contributed by atoms with Crippen LogP contribution in [0.4, 0.5) is 0 Å². The van der Waals surface area contributed by atoms with Crippen LogP contribution in [0.5, 0.6) is 11.5 Å². The van der Waals surface area contributed by atoms with Gasteiger partial charge in [-0.1, -0.05) is 133 Å². The highest BCUT2D eigenvalue weighted by Gasteiger charge is 2.51. The number of fused-ring (bicyclic) bond motifs is 12. The van der Waals surface area contributed by atoms with Gasteiger partial charge in [-0.25, -0.2) is 9.97 Å². The van der Waals surface area contributed by atoms with Crippen molar-refractivity contribution in [1.29, 1.82) is 0 Å². The Kier molecular flexibility index (Phi) is 6.98. The number of aromatic nitrogens is 3. The largest absolute Gasteiger partial charge is 0.457 e. The van der Waals surface area contributed by atoms with Crippen LogP contribution >= 0.6 is 11.3 Å². The summed E-state index contributed by atoms with van der Waals surface area (Å²) in [6, 6.07) is 62.6. The molecular formula is C52H31N3OS. The molecule has 3 aromatic heterocycles. The zero-order valence-electron chi connectivity index (χ0n) is 30.6. The minimum atomic E-state index is -0.578. The van der Waals surface area contributed by atoms with Gasteiger partial charge in [-0.3, -0.25) is 4.98 Å². The molecule has 4 nitrogen and oxygen atoms in total. The van der Waals surface area contributed by atoms with Crippen LogP contribution in [-0.4, -0.2) is 15.0 Å². The van der Waals surface area contributed by atoms with Crippen molar-refractivity contribution < 1.29 is 4.74 Å². The van der Waals surface area contributed by atoms with Gasteiger partial charge in [0.25, 0.3) is 0 Å². The number of thiophene rings is 1. The van der Waals surface area contributed by atoms with Gasteiger partial charge >= 0.3 is 0 Å². The molecule has 0 fully saturated rings. The molecule has 7 aromatic carbocycles. The molecule has 0 unspecified atom stereocenters. The molecule has 0 bridgehead atoms. The Labute approximate surface area is 333 Å². The number of hydrogen-bond acceptors (Lipinski definition) is 5. The summed E-state index contributed by atoms with van der Waals surface area (Å²) in [7, 11) is 0. The van der Waals surface area contributed by atoms with Gasteiger partial charge < -0.3 is 4.74 Å². The smallest absolute Gasteiger partial charge is 0.160 e. The monoisotopic (exact) mass is 745 g/mol. The highest BCUT2D eigenvalue weighted by atomic mass is 32.1. The second-order valence-electron chi connectivity index (χ2n) is 14.7. The first-order valence-electron chi connectivity index (χ1n) is 19.2. The Morgan fingerprint density at radius 3 is 1.89 bits per heavy atom. The molecule has 4 heterocycles. The molecule has 12 rings (SSSR count). The lowest BCUT2D eigenvalue weighted by atomic mass is 9.66. The van der Waals surface area contributed by atoms with E-state index in [2.05, 4.69) is 175 Å². The van der Waals surface area contributed by atoms with Crippen molar-refractivity contribution in [2.45, 2.75) is 5.41 Å². The molecular weight excluding hydrogens is 715 g/mol. The van der Waals surface area contributed by atoms with E-state index in [9.17, 15) is 0 Å². The number of ether oxygens (including phenoxy) is 1. The summed E-state index contributed by atoms with van der Waals surface area (Å²) < 4.78 is 8.89. The molecule has 1 aliphatic carbocycles. The molecule has 5 heteroatoms. The van der Waals surface area contributed by atoms with E-state index in [-0.39, 0.29) is 0 Å². The quantitative estimate of drug-likeness (QED) is 0.180. The molecule has 1 spiro atoms. The normalized spacial score (nSPS) is 13.2. The minimum absolute atomic E-state index is 0.578. The number of benzene rings is 7. The van der Waals surface area contributed by atoms with Gasteiger partial charge in [0.1, 0.15) is 11.5 Å². The summed E-state index contributed by atoms with van der Waals surface area (Å²) in [5.74, 6) is 2.44. The van der Waals surface area contributed by atoms with Crippen LogP contribution in [0.1, 0.15) is 22.3 Å². The van der Waals surface area contributed by atoms with Crippen molar-refractivity contribution in [2.24, 2.45) is 0 Å².